The van der Waals surface area contributed by atoms with E-state index in [1.807, 2.05) is 29.6 Å². The maximum absolute atomic E-state index is 13.5. The molecule has 0 saturated carbocycles. The van der Waals surface area contributed by atoms with Crippen LogP contribution in [0.25, 0.3) is 11.1 Å². The zero-order chi connectivity index (χ0) is 15.8. The monoisotopic (exact) mass is 323 g/mol. The zero-order valence-electron chi connectivity index (χ0n) is 12.3. The Morgan fingerprint density at radius 3 is 2.70 bits per heavy atom. The van der Waals surface area contributed by atoms with Gasteiger partial charge in [0.2, 0.25) is 5.91 Å². The smallest absolute Gasteiger partial charge is 0.225 e. The topological polar surface area (TPSA) is 29.1 Å². The number of rotatable bonds is 2. The van der Waals surface area contributed by atoms with Crippen molar-refractivity contribution >= 4 is 22.9 Å². The van der Waals surface area contributed by atoms with E-state index in [4.69, 9.17) is 0 Å². The van der Waals surface area contributed by atoms with Crippen molar-refractivity contribution in [1.29, 1.82) is 0 Å². The highest BCUT2D eigenvalue weighted by atomic mass is 32.1. The van der Waals surface area contributed by atoms with Crippen LogP contribution in [0.3, 0.4) is 0 Å². The molecule has 1 aromatic heterocycles. The molecule has 0 saturated heterocycles. The first-order valence-corrected chi connectivity index (χ1v) is 8.32. The predicted molar refractivity (Wildman–Crippen MR) is 91.2 cm³/mol. The summed E-state index contributed by atoms with van der Waals surface area (Å²) in [4.78, 5) is 13.3. The Hall–Kier alpha value is -2.46. The SMILES string of the molecule is O=C1C[C@@H](c2ccccc2)c2scc(-c3cccc(F)c3)c2N1. The van der Waals surface area contributed by atoms with Crippen molar-refractivity contribution in [3.63, 3.8) is 0 Å². The molecule has 23 heavy (non-hydrogen) atoms. The number of halogens is 1. The van der Waals surface area contributed by atoms with E-state index >= 15 is 0 Å². The van der Waals surface area contributed by atoms with Crippen molar-refractivity contribution in [2.75, 3.05) is 5.32 Å². The van der Waals surface area contributed by atoms with Crippen LogP contribution in [0.2, 0.25) is 0 Å². The Balaban J connectivity index is 1.83. The van der Waals surface area contributed by atoms with Gasteiger partial charge in [0.1, 0.15) is 5.82 Å². The van der Waals surface area contributed by atoms with Crippen LogP contribution in [0, 0.1) is 5.82 Å². The number of carbonyl (C=O) groups excluding carboxylic acids is 1. The first-order chi connectivity index (χ1) is 11.2. The summed E-state index contributed by atoms with van der Waals surface area (Å²) in [5, 5.41) is 4.98. The van der Waals surface area contributed by atoms with E-state index in [1.165, 1.54) is 12.1 Å². The first-order valence-electron chi connectivity index (χ1n) is 7.44. The number of anilines is 1. The molecule has 0 fully saturated rings. The Morgan fingerprint density at radius 2 is 1.91 bits per heavy atom. The second kappa shape index (κ2) is 5.63. The molecule has 1 amide bonds. The van der Waals surface area contributed by atoms with Gasteiger partial charge in [0.15, 0.2) is 0 Å². The van der Waals surface area contributed by atoms with Crippen molar-refractivity contribution in [1.82, 2.24) is 0 Å². The van der Waals surface area contributed by atoms with Crippen molar-refractivity contribution in [3.05, 3.63) is 76.2 Å². The third-order valence-electron chi connectivity index (χ3n) is 4.13. The second-order valence-electron chi connectivity index (χ2n) is 5.61. The molecule has 0 unspecified atom stereocenters. The largest absolute Gasteiger partial charge is 0.325 e. The summed E-state index contributed by atoms with van der Waals surface area (Å²) in [5.74, 6) is -0.209. The highest BCUT2D eigenvalue weighted by molar-refractivity contribution is 7.11. The average molecular weight is 323 g/mol. The molecule has 4 heteroatoms. The number of fused-ring (bicyclic) bond motifs is 1. The minimum Gasteiger partial charge on any atom is -0.325 e. The van der Waals surface area contributed by atoms with Crippen molar-refractivity contribution in [2.45, 2.75) is 12.3 Å². The molecule has 0 bridgehead atoms. The van der Waals surface area contributed by atoms with E-state index in [-0.39, 0.29) is 17.6 Å². The van der Waals surface area contributed by atoms with E-state index in [2.05, 4.69) is 17.4 Å². The van der Waals surface area contributed by atoms with Crippen molar-refractivity contribution in [2.24, 2.45) is 0 Å². The van der Waals surface area contributed by atoms with Gasteiger partial charge in [-0.2, -0.15) is 0 Å². The molecular formula is C19H14FNOS. The van der Waals surface area contributed by atoms with Gasteiger partial charge in [-0.15, -0.1) is 11.3 Å². The number of thiophene rings is 1. The fourth-order valence-electron chi connectivity index (χ4n) is 3.05. The molecule has 0 radical (unpaired) electrons. The minimum absolute atomic E-state index is 0.00223. The number of amides is 1. The van der Waals surface area contributed by atoms with Crippen LogP contribution in [-0.2, 0) is 4.79 Å². The summed E-state index contributed by atoms with van der Waals surface area (Å²) in [6, 6.07) is 16.5. The molecule has 4 rings (SSSR count). The Bertz CT molecular complexity index is 872. The third kappa shape index (κ3) is 2.55. The molecule has 1 atom stereocenters. The maximum atomic E-state index is 13.5. The molecule has 2 aromatic carbocycles. The van der Waals surface area contributed by atoms with Crippen molar-refractivity contribution < 1.29 is 9.18 Å². The lowest BCUT2D eigenvalue weighted by atomic mass is 9.89. The van der Waals surface area contributed by atoms with Gasteiger partial charge in [-0.1, -0.05) is 42.5 Å². The van der Waals surface area contributed by atoms with E-state index < -0.39 is 0 Å². The van der Waals surface area contributed by atoms with Gasteiger partial charge in [0.25, 0.3) is 0 Å². The molecule has 2 nitrogen and oxygen atoms in total. The summed E-state index contributed by atoms with van der Waals surface area (Å²) in [6.07, 6.45) is 0.445. The number of carbonyl (C=O) groups is 1. The predicted octanol–water partition coefficient (Wildman–Crippen LogP) is 5.03. The fourth-order valence-corrected chi connectivity index (χ4v) is 4.21. The average Bonchev–Trinajstić information content (AvgIpc) is 2.98. The van der Waals surface area contributed by atoms with Gasteiger partial charge in [-0.05, 0) is 23.3 Å². The second-order valence-corrected chi connectivity index (χ2v) is 6.53. The molecule has 3 aromatic rings. The molecule has 0 aliphatic carbocycles. The lowest BCUT2D eigenvalue weighted by Gasteiger charge is -2.24. The zero-order valence-corrected chi connectivity index (χ0v) is 13.1. The van der Waals surface area contributed by atoms with E-state index in [1.54, 1.807) is 17.4 Å². The van der Waals surface area contributed by atoms with E-state index in [0.29, 0.717) is 6.42 Å². The Kier molecular flexibility index (Phi) is 3.46. The van der Waals surface area contributed by atoms with Crippen molar-refractivity contribution in [3.8, 4) is 11.1 Å². The number of benzene rings is 2. The van der Waals surface area contributed by atoms with Gasteiger partial charge in [0.05, 0.1) is 5.69 Å². The lowest BCUT2D eigenvalue weighted by Crippen LogP contribution is -2.22. The van der Waals surface area contributed by atoms with Gasteiger partial charge in [-0.25, -0.2) is 4.39 Å². The van der Waals surface area contributed by atoms with Crippen LogP contribution in [0.15, 0.2) is 60.0 Å². The van der Waals surface area contributed by atoms with Gasteiger partial charge in [-0.3, -0.25) is 4.79 Å². The number of hydrogen-bond donors (Lipinski definition) is 1. The summed E-state index contributed by atoms with van der Waals surface area (Å²) in [7, 11) is 0. The molecule has 114 valence electrons. The van der Waals surface area contributed by atoms with Gasteiger partial charge >= 0.3 is 0 Å². The molecule has 2 heterocycles. The summed E-state index contributed by atoms with van der Waals surface area (Å²) < 4.78 is 13.5. The number of hydrogen-bond acceptors (Lipinski definition) is 2. The molecular weight excluding hydrogens is 309 g/mol. The van der Waals surface area contributed by atoms with Crippen LogP contribution >= 0.6 is 11.3 Å². The summed E-state index contributed by atoms with van der Waals surface area (Å²) in [6.45, 7) is 0. The minimum atomic E-state index is -0.274. The van der Waals surface area contributed by atoms with Crippen LogP contribution in [0.4, 0.5) is 10.1 Å². The van der Waals surface area contributed by atoms with Crippen LogP contribution < -0.4 is 5.32 Å². The van der Waals surface area contributed by atoms with Crippen LogP contribution in [-0.4, -0.2) is 5.91 Å². The van der Waals surface area contributed by atoms with Crippen LogP contribution in [0.1, 0.15) is 22.8 Å². The summed E-state index contributed by atoms with van der Waals surface area (Å²) in [5.41, 5.74) is 3.64. The van der Waals surface area contributed by atoms with Crippen LogP contribution in [0.5, 0.6) is 0 Å². The maximum Gasteiger partial charge on any atom is 0.225 e. The third-order valence-corrected chi connectivity index (χ3v) is 5.22. The molecule has 0 spiro atoms. The Labute approximate surface area is 137 Å². The van der Waals surface area contributed by atoms with E-state index in [9.17, 15) is 9.18 Å². The Morgan fingerprint density at radius 1 is 1.09 bits per heavy atom. The molecule has 1 N–H and O–H groups in total. The first kappa shape index (κ1) is 14.2. The lowest BCUT2D eigenvalue weighted by molar-refractivity contribution is -0.116. The van der Waals surface area contributed by atoms with E-state index in [0.717, 1.165) is 27.3 Å². The summed E-state index contributed by atoms with van der Waals surface area (Å²) >= 11 is 1.62. The molecule has 1 aliphatic rings. The number of nitrogens with one attached hydrogen (secondary N) is 1. The van der Waals surface area contributed by atoms with Gasteiger partial charge < -0.3 is 5.32 Å². The van der Waals surface area contributed by atoms with Gasteiger partial charge in [0, 0.05) is 28.2 Å². The highest BCUT2D eigenvalue weighted by Crippen LogP contribution is 2.46. The normalized spacial score (nSPS) is 16.7. The standard InChI is InChI=1S/C19H14FNOS/c20-14-8-4-7-13(9-14)16-11-23-19-15(10-17(22)21-18(16)19)12-5-2-1-3-6-12/h1-9,11,15H,10H2,(H,21,22)/t15-/m0/s1. The molecule has 1 aliphatic heterocycles. The highest BCUT2D eigenvalue weighted by Gasteiger charge is 2.30. The fraction of sp³-hybridized carbons (Fsp3) is 0.105. The quantitative estimate of drug-likeness (QED) is 0.704.